The van der Waals surface area contributed by atoms with Gasteiger partial charge in [0.05, 0.1) is 5.56 Å². The average Bonchev–Trinajstić information content (AvgIpc) is 2.99. The van der Waals surface area contributed by atoms with E-state index in [2.05, 4.69) is 6.07 Å². The van der Waals surface area contributed by atoms with Gasteiger partial charge in [-0.2, -0.15) is 5.26 Å². The molecule has 1 amide bonds. The zero-order valence-corrected chi connectivity index (χ0v) is 12.1. The van der Waals surface area contributed by atoms with E-state index < -0.39 is 5.91 Å². The Balaban J connectivity index is 2.08. The van der Waals surface area contributed by atoms with Crippen LogP contribution in [0.25, 0.3) is 16.8 Å². The van der Waals surface area contributed by atoms with Gasteiger partial charge in [0.1, 0.15) is 11.8 Å². The number of carbonyl (C=O) groups is 1. The molecule has 3 aromatic rings. The topological polar surface area (TPSA) is 92.0 Å². The number of rotatable bonds is 3. The fraction of sp³-hybridized carbons (Fsp3) is 0. The Hall–Kier alpha value is -3.52. The quantitative estimate of drug-likeness (QED) is 0.779. The van der Waals surface area contributed by atoms with Crippen molar-refractivity contribution in [2.75, 3.05) is 0 Å². The molecule has 112 valence electrons. The predicted molar refractivity (Wildman–Crippen MR) is 86.1 cm³/mol. The van der Waals surface area contributed by atoms with Crippen LogP contribution in [0.3, 0.4) is 0 Å². The van der Waals surface area contributed by atoms with E-state index in [0.717, 1.165) is 5.69 Å². The molecular weight excluding hydrogens is 290 g/mol. The molecule has 0 saturated carbocycles. The first-order valence-electron chi connectivity index (χ1n) is 6.91. The van der Waals surface area contributed by atoms with Crippen molar-refractivity contribution in [1.29, 1.82) is 5.26 Å². The summed E-state index contributed by atoms with van der Waals surface area (Å²) in [5.74, 6) is -0.373. The van der Waals surface area contributed by atoms with E-state index in [1.165, 1.54) is 0 Å². The van der Waals surface area contributed by atoms with Crippen molar-refractivity contribution >= 4 is 5.91 Å². The van der Waals surface area contributed by atoms with Crippen LogP contribution >= 0.6 is 0 Å². The Morgan fingerprint density at radius 2 is 1.74 bits per heavy atom. The fourth-order valence-corrected chi connectivity index (χ4v) is 2.41. The van der Waals surface area contributed by atoms with Gasteiger partial charge in [-0.3, -0.25) is 4.79 Å². The number of phenolic OH excluding ortho intramolecular Hbond substituents is 1. The summed E-state index contributed by atoms with van der Waals surface area (Å²) in [6.45, 7) is 0. The van der Waals surface area contributed by atoms with E-state index in [1.807, 2.05) is 0 Å². The number of nitrogens with zero attached hydrogens (tertiary/aromatic N) is 2. The molecule has 0 aliphatic heterocycles. The van der Waals surface area contributed by atoms with Crippen molar-refractivity contribution in [1.82, 2.24) is 4.57 Å². The van der Waals surface area contributed by atoms with Crippen molar-refractivity contribution < 1.29 is 9.90 Å². The zero-order chi connectivity index (χ0) is 16.4. The minimum absolute atomic E-state index is 0.117. The van der Waals surface area contributed by atoms with E-state index in [-0.39, 0.29) is 5.75 Å². The molecule has 1 aromatic heterocycles. The lowest BCUT2D eigenvalue weighted by Crippen LogP contribution is -2.10. The van der Waals surface area contributed by atoms with Crippen LogP contribution in [0.1, 0.15) is 15.9 Å². The Kier molecular flexibility index (Phi) is 3.57. The van der Waals surface area contributed by atoms with E-state index >= 15 is 0 Å². The van der Waals surface area contributed by atoms with Crippen molar-refractivity contribution in [3.8, 4) is 28.6 Å². The van der Waals surface area contributed by atoms with Gasteiger partial charge in [0.15, 0.2) is 0 Å². The second-order valence-electron chi connectivity index (χ2n) is 5.03. The van der Waals surface area contributed by atoms with E-state index in [9.17, 15) is 15.2 Å². The lowest BCUT2D eigenvalue weighted by atomic mass is 10.0. The smallest absolute Gasteiger partial charge is 0.248 e. The van der Waals surface area contributed by atoms with Crippen molar-refractivity contribution in [2.24, 2.45) is 5.73 Å². The second kappa shape index (κ2) is 5.70. The summed E-state index contributed by atoms with van der Waals surface area (Å²) in [6.07, 6.45) is 3.45. The second-order valence-corrected chi connectivity index (χ2v) is 5.03. The van der Waals surface area contributed by atoms with Crippen LogP contribution in [-0.2, 0) is 0 Å². The number of amides is 1. The summed E-state index contributed by atoms with van der Waals surface area (Å²) in [5, 5.41) is 19.3. The summed E-state index contributed by atoms with van der Waals surface area (Å²) in [6, 6.07) is 15.7. The SMILES string of the molecule is N#Cc1cn(-c2ccc(C(N)=O)cc2)cc1-c1ccccc1O. The third-order valence-corrected chi connectivity index (χ3v) is 3.59. The number of nitriles is 1. The van der Waals surface area contributed by atoms with E-state index in [1.54, 1.807) is 65.5 Å². The van der Waals surface area contributed by atoms with Crippen LogP contribution in [-0.4, -0.2) is 15.6 Å². The largest absolute Gasteiger partial charge is 0.507 e. The first kappa shape index (κ1) is 14.4. The van der Waals surface area contributed by atoms with Gasteiger partial charge in [0, 0.05) is 34.8 Å². The highest BCUT2D eigenvalue weighted by Crippen LogP contribution is 2.32. The molecule has 3 N–H and O–H groups in total. The lowest BCUT2D eigenvalue weighted by Gasteiger charge is -2.04. The summed E-state index contributed by atoms with van der Waals surface area (Å²) >= 11 is 0. The molecular formula is C18H13N3O2. The third kappa shape index (κ3) is 2.65. The Morgan fingerprint density at radius 1 is 1.04 bits per heavy atom. The van der Waals surface area contributed by atoms with Gasteiger partial charge in [-0.1, -0.05) is 18.2 Å². The van der Waals surface area contributed by atoms with Crippen LogP contribution < -0.4 is 5.73 Å². The number of hydrogen-bond acceptors (Lipinski definition) is 3. The average molecular weight is 303 g/mol. The number of primary amides is 1. The number of nitrogens with two attached hydrogens (primary N) is 1. The maximum atomic E-state index is 11.1. The van der Waals surface area contributed by atoms with Crippen LogP contribution in [0.15, 0.2) is 60.9 Å². The van der Waals surface area contributed by atoms with E-state index in [0.29, 0.717) is 22.3 Å². The van der Waals surface area contributed by atoms with Gasteiger partial charge in [0.2, 0.25) is 5.91 Å². The predicted octanol–water partition coefficient (Wildman–Crippen LogP) is 2.82. The molecule has 5 nitrogen and oxygen atoms in total. The van der Waals surface area contributed by atoms with Crippen LogP contribution in [0.5, 0.6) is 5.75 Å². The molecule has 0 atom stereocenters. The highest BCUT2D eigenvalue weighted by atomic mass is 16.3. The van der Waals surface area contributed by atoms with Crippen LogP contribution in [0.2, 0.25) is 0 Å². The Bertz CT molecular complexity index is 918. The molecule has 0 spiro atoms. The van der Waals surface area contributed by atoms with Gasteiger partial charge in [-0.05, 0) is 30.3 Å². The molecule has 5 heteroatoms. The molecule has 0 aliphatic rings. The molecule has 2 aromatic carbocycles. The highest BCUT2D eigenvalue weighted by Gasteiger charge is 2.13. The van der Waals surface area contributed by atoms with Crippen molar-refractivity contribution in [3.05, 3.63) is 72.1 Å². The summed E-state index contributed by atoms with van der Waals surface area (Å²) in [4.78, 5) is 11.1. The third-order valence-electron chi connectivity index (χ3n) is 3.59. The molecule has 0 radical (unpaired) electrons. The van der Waals surface area contributed by atoms with E-state index in [4.69, 9.17) is 5.73 Å². The number of aromatic nitrogens is 1. The lowest BCUT2D eigenvalue weighted by molar-refractivity contribution is 0.100. The first-order valence-corrected chi connectivity index (χ1v) is 6.91. The maximum absolute atomic E-state index is 11.1. The highest BCUT2D eigenvalue weighted by molar-refractivity contribution is 5.92. The van der Waals surface area contributed by atoms with Crippen molar-refractivity contribution in [2.45, 2.75) is 0 Å². The standard InChI is InChI=1S/C18H13N3O2/c19-9-13-10-21(14-7-5-12(6-8-14)18(20)23)11-16(13)15-3-1-2-4-17(15)22/h1-8,10-11,22H,(H2,20,23). The minimum Gasteiger partial charge on any atom is -0.507 e. The van der Waals surface area contributed by atoms with Crippen molar-refractivity contribution in [3.63, 3.8) is 0 Å². The maximum Gasteiger partial charge on any atom is 0.248 e. The molecule has 0 bridgehead atoms. The normalized spacial score (nSPS) is 10.2. The number of hydrogen-bond donors (Lipinski definition) is 2. The van der Waals surface area contributed by atoms with Gasteiger partial charge >= 0.3 is 0 Å². The zero-order valence-electron chi connectivity index (χ0n) is 12.1. The van der Waals surface area contributed by atoms with Gasteiger partial charge in [0.25, 0.3) is 0 Å². The molecule has 23 heavy (non-hydrogen) atoms. The molecule has 0 saturated heterocycles. The summed E-state index contributed by atoms with van der Waals surface area (Å²) in [7, 11) is 0. The van der Waals surface area contributed by atoms with Crippen LogP contribution in [0.4, 0.5) is 0 Å². The Morgan fingerprint density at radius 3 is 2.35 bits per heavy atom. The number of phenols is 1. The van der Waals surface area contributed by atoms with Crippen LogP contribution in [0, 0.1) is 11.3 Å². The number of carbonyl (C=O) groups excluding carboxylic acids is 1. The summed E-state index contributed by atoms with van der Waals surface area (Å²) < 4.78 is 1.77. The minimum atomic E-state index is -0.489. The number of benzene rings is 2. The molecule has 3 rings (SSSR count). The molecule has 1 heterocycles. The van der Waals surface area contributed by atoms with Gasteiger partial charge < -0.3 is 15.4 Å². The summed E-state index contributed by atoms with van der Waals surface area (Å²) in [5.41, 5.74) is 8.12. The van der Waals surface area contributed by atoms with Gasteiger partial charge in [-0.25, -0.2) is 0 Å². The first-order chi connectivity index (χ1) is 11.1. The molecule has 0 unspecified atom stereocenters. The molecule has 0 fully saturated rings. The fourth-order valence-electron chi connectivity index (χ4n) is 2.41. The monoisotopic (exact) mass is 303 g/mol. The number of para-hydroxylation sites is 1. The number of aromatic hydroxyl groups is 1. The van der Waals surface area contributed by atoms with Gasteiger partial charge in [-0.15, -0.1) is 0 Å². The Labute approximate surface area is 132 Å². The molecule has 0 aliphatic carbocycles.